The number of ether oxygens (including phenoxy) is 1. The van der Waals surface area contributed by atoms with E-state index in [9.17, 15) is 4.79 Å². The van der Waals surface area contributed by atoms with Gasteiger partial charge in [0.1, 0.15) is 5.60 Å². The number of nitrogens with one attached hydrogen (secondary N) is 2. The number of benzene rings is 1. The molecule has 2 N–H and O–H groups in total. The van der Waals surface area contributed by atoms with Gasteiger partial charge in [0.25, 0.3) is 0 Å². The van der Waals surface area contributed by atoms with E-state index in [0.717, 1.165) is 43.9 Å². The summed E-state index contributed by atoms with van der Waals surface area (Å²) >= 11 is 5.97. The summed E-state index contributed by atoms with van der Waals surface area (Å²) in [6.45, 7) is 13.3. The van der Waals surface area contributed by atoms with Gasteiger partial charge >= 0.3 is 6.09 Å². The fourth-order valence-corrected chi connectivity index (χ4v) is 6.20. The van der Waals surface area contributed by atoms with Crippen molar-refractivity contribution >= 4 is 23.3 Å². The molecule has 1 atom stereocenters. The highest BCUT2D eigenvalue weighted by atomic mass is 32.1. The number of rotatable bonds is 8. The Morgan fingerprint density at radius 2 is 1.66 bits per heavy atom. The summed E-state index contributed by atoms with van der Waals surface area (Å²) in [5.41, 5.74) is 0.667. The number of alkyl carbamates (subject to hydrolysis) is 1. The van der Waals surface area contributed by atoms with Crippen LogP contribution in [0.2, 0.25) is 0 Å². The molecule has 1 aliphatic carbocycles. The van der Waals surface area contributed by atoms with E-state index in [4.69, 9.17) is 17.0 Å². The van der Waals surface area contributed by atoms with Gasteiger partial charge in [0.05, 0.1) is 11.0 Å². The van der Waals surface area contributed by atoms with Crippen molar-refractivity contribution in [1.29, 1.82) is 0 Å². The highest BCUT2D eigenvalue weighted by Crippen LogP contribution is 2.37. The van der Waals surface area contributed by atoms with Crippen LogP contribution in [0.15, 0.2) is 30.3 Å². The molecule has 35 heavy (non-hydrogen) atoms. The largest absolute Gasteiger partial charge is 0.444 e. The number of hydrogen-bond acceptors (Lipinski definition) is 4. The average Bonchev–Trinajstić information content (AvgIpc) is 2.78. The zero-order valence-electron chi connectivity index (χ0n) is 22.6. The van der Waals surface area contributed by atoms with Gasteiger partial charge in [0.2, 0.25) is 0 Å². The predicted molar refractivity (Wildman–Crippen MR) is 149 cm³/mol. The van der Waals surface area contributed by atoms with Crippen LogP contribution in [-0.4, -0.2) is 46.8 Å². The lowest BCUT2D eigenvalue weighted by atomic mass is 9.72. The molecule has 0 bridgehead atoms. The summed E-state index contributed by atoms with van der Waals surface area (Å²) in [6.07, 6.45) is 9.31. The van der Waals surface area contributed by atoms with E-state index >= 15 is 0 Å². The van der Waals surface area contributed by atoms with E-state index in [1.807, 2.05) is 20.8 Å². The van der Waals surface area contributed by atoms with Gasteiger partial charge in [-0.3, -0.25) is 4.90 Å². The Labute approximate surface area is 218 Å². The molecule has 5 nitrogen and oxygen atoms in total. The predicted octanol–water partition coefficient (Wildman–Crippen LogP) is 6.46. The van der Waals surface area contributed by atoms with Crippen LogP contribution in [0, 0.1) is 11.3 Å². The third kappa shape index (κ3) is 9.38. The standard InChI is InChI=1S/C29H47N3O2S/c1-28(2,3)34-27(33)31-25(29(4,5)20-22-12-8-6-9-13-22)26(35)30-24-16-18-32(19-17-24)21-23-14-10-7-11-15-23/h7,10-11,14-15,22,24-25H,6,8-9,12-13,16-21H2,1-5H3,(H,30,35)(H,31,33)/t25-/m0/s1. The normalized spacial score (nSPS) is 19.7. The van der Waals surface area contributed by atoms with Gasteiger partial charge in [-0.1, -0.05) is 88.5 Å². The van der Waals surface area contributed by atoms with E-state index in [1.165, 1.54) is 37.7 Å². The van der Waals surface area contributed by atoms with Crippen molar-refractivity contribution < 1.29 is 9.53 Å². The molecule has 1 amide bonds. The molecular formula is C29H47N3O2S. The number of amides is 1. The van der Waals surface area contributed by atoms with Crippen molar-refractivity contribution in [2.24, 2.45) is 11.3 Å². The average molecular weight is 502 g/mol. The van der Waals surface area contributed by atoms with E-state index in [1.54, 1.807) is 0 Å². The molecule has 1 aromatic rings. The minimum absolute atomic E-state index is 0.156. The fourth-order valence-electron chi connectivity index (χ4n) is 5.66. The number of piperidine rings is 1. The fraction of sp³-hybridized carbons (Fsp3) is 0.724. The molecule has 0 spiro atoms. The molecular weight excluding hydrogens is 454 g/mol. The van der Waals surface area contributed by atoms with Gasteiger partial charge in [-0.25, -0.2) is 4.79 Å². The van der Waals surface area contributed by atoms with Crippen LogP contribution in [0.5, 0.6) is 0 Å². The van der Waals surface area contributed by atoms with Crippen molar-refractivity contribution in [3.8, 4) is 0 Å². The molecule has 1 aromatic carbocycles. The molecule has 2 fully saturated rings. The molecule has 1 saturated heterocycles. The maximum atomic E-state index is 12.8. The van der Waals surface area contributed by atoms with E-state index in [2.05, 4.69) is 59.7 Å². The number of nitrogens with zero attached hydrogens (tertiary/aromatic N) is 1. The van der Waals surface area contributed by atoms with Crippen LogP contribution in [0.1, 0.15) is 91.5 Å². The molecule has 0 aromatic heterocycles. The number of likely N-dealkylation sites (tertiary alicyclic amines) is 1. The Bertz CT molecular complexity index is 807. The number of thiocarbonyl (C=S) groups is 1. The lowest BCUT2D eigenvalue weighted by Crippen LogP contribution is -2.57. The third-order valence-electron chi connectivity index (χ3n) is 7.43. The Balaban J connectivity index is 1.60. The monoisotopic (exact) mass is 501 g/mol. The smallest absolute Gasteiger partial charge is 0.408 e. The van der Waals surface area contributed by atoms with Crippen molar-refractivity contribution in [1.82, 2.24) is 15.5 Å². The first-order valence-electron chi connectivity index (χ1n) is 13.6. The summed E-state index contributed by atoms with van der Waals surface area (Å²) in [5, 5.41) is 6.81. The first kappa shape index (κ1) is 27.9. The first-order chi connectivity index (χ1) is 16.5. The van der Waals surface area contributed by atoms with Crippen molar-refractivity contribution in [2.45, 2.75) is 110 Å². The second-order valence-electron chi connectivity index (χ2n) is 12.3. The van der Waals surface area contributed by atoms with Crippen molar-refractivity contribution in [3.63, 3.8) is 0 Å². The Hall–Kier alpha value is -1.66. The zero-order chi connectivity index (χ0) is 25.5. The second kappa shape index (κ2) is 12.5. The number of carbonyl (C=O) groups is 1. The second-order valence-corrected chi connectivity index (χ2v) is 12.8. The molecule has 6 heteroatoms. The minimum atomic E-state index is -0.539. The summed E-state index contributed by atoms with van der Waals surface area (Å²) in [7, 11) is 0. The van der Waals surface area contributed by atoms with Crippen LogP contribution in [0.25, 0.3) is 0 Å². The van der Waals surface area contributed by atoms with Gasteiger partial charge in [0, 0.05) is 25.7 Å². The minimum Gasteiger partial charge on any atom is -0.444 e. The van der Waals surface area contributed by atoms with Crippen LogP contribution < -0.4 is 10.6 Å². The summed E-state index contributed by atoms with van der Waals surface area (Å²) in [5.74, 6) is 0.700. The van der Waals surface area contributed by atoms with Crippen LogP contribution in [0.3, 0.4) is 0 Å². The van der Waals surface area contributed by atoms with Crippen LogP contribution in [-0.2, 0) is 11.3 Å². The summed E-state index contributed by atoms with van der Waals surface area (Å²) < 4.78 is 5.62. The van der Waals surface area contributed by atoms with Gasteiger partial charge in [-0.2, -0.15) is 0 Å². The Morgan fingerprint density at radius 1 is 1.03 bits per heavy atom. The Morgan fingerprint density at radius 3 is 2.26 bits per heavy atom. The molecule has 3 rings (SSSR count). The lowest BCUT2D eigenvalue weighted by molar-refractivity contribution is 0.0473. The van der Waals surface area contributed by atoms with Crippen LogP contribution in [0.4, 0.5) is 4.79 Å². The molecule has 0 radical (unpaired) electrons. The maximum Gasteiger partial charge on any atom is 0.408 e. The van der Waals surface area contributed by atoms with Crippen molar-refractivity contribution in [2.75, 3.05) is 13.1 Å². The van der Waals surface area contributed by atoms with Crippen LogP contribution >= 0.6 is 12.2 Å². The van der Waals surface area contributed by atoms with Crippen molar-refractivity contribution in [3.05, 3.63) is 35.9 Å². The van der Waals surface area contributed by atoms with Gasteiger partial charge in [-0.15, -0.1) is 0 Å². The topological polar surface area (TPSA) is 53.6 Å². The zero-order valence-corrected chi connectivity index (χ0v) is 23.4. The third-order valence-corrected chi connectivity index (χ3v) is 7.78. The molecule has 1 saturated carbocycles. The highest BCUT2D eigenvalue weighted by Gasteiger charge is 2.38. The molecule has 2 aliphatic rings. The molecule has 1 aliphatic heterocycles. The van der Waals surface area contributed by atoms with Gasteiger partial charge in [0.15, 0.2) is 0 Å². The maximum absolute atomic E-state index is 12.8. The Kier molecular flexibility index (Phi) is 10.00. The SMILES string of the molecule is CC(C)(C)OC(=O)N[C@@H](C(=S)NC1CCN(Cc2ccccc2)CC1)C(C)(C)CC1CCCCC1. The molecule has 0 unspecified atom stereocenters. The number of carbonyl (C=O) groups excluding carboxylic acids is 1. The van der Waals surface area contributed by atoms with E-state index in [0.29, 0.717) is 12.0 Å². The highest BCUT2D eigenvalue weighted by molar-refractivity contribution is 7.80. The van der Waals surface area contributed by atoms with E-state index < -0.39 is 5.60 Å². The van der Waals surface area contributed by atoms with Gasteiger partial charge in [-0.05, 0) is 56.9 Å². The quantitative estimate of drug-likeness (QED) is 0.401. The molecule has 1 heterocycles. The lowest BCUT2D eigenvalue weighted by Gasteiger charge is -2.41. The van der Waals surface area contributed by atoms with E-state index in [-0.39, 0.29) is 17.6 Å². The number of hydrogen-bond donors (Lipinski definition) is 2. The molecule has 196 valence electrons. The first-order valence-corrected chi connectivity index (χ1v) is 14.0. The van der Waals surface area contributed by atoms with Gasteiger partial charge < -0.3 is 15.4 Å². The summed E-state index contributed by atoms with van der Waals surface area (Å²) in [6, 6.07) is 10.8. The summed E-state index contributed by atoms with van der Waals surface area (Å²) in [4.78, 5) is 16.1.